The molecule has 0 aromatic heterocycles. The first-order chi connectivity index (χ1) is 10.1. The van der Waals surface area contributed by atoms with Crippen molar-refractivity contribution in [3.8, 4) is 0 Å². The van der Waals surface area contributed by atoms with E-state index < -0.39 is 9.84 Å². The molecule has 0 amide bonds. The highest BCUT2D eigenvalue weighted by Crippen LogP contribution is 2.40. The fourth-order valence-electron chi connectivity index (χ4n) is 3.10. The molecule has 0 fully saturated rings. The van der Waals surface area contributed by atoms with Gasteiger partial charge in [0.05, 0.1) is 10.6 Å². The summed E-state index contributed by atoms with van der Waals surface area (Å²) in [4.78, 5) is 0.484. The summed E-state index contributed by atoms with van der Waals surface area (Å²) in [6, 6.07) is 17.4. The van der Waals surface area contributed by atoms with Crippen LogP contribution in [0, 0.1) is 5.92 Å². The smallest absolute Gasteiger partial charge is 0.179 e. The summed E-state index contributed by atoms with van der Waals surface area (Å²) in [6.45, 7) is 0. The third kappa shape index (κ3) is 2.85. The van der Waals surface area contributed by atoms with E-state index >= 15 is 0 Å². The van der Waals surface area contributed by atoms with E-state index in [1.807, 2.05) is 30.3 Å². The molecule has 0 bridgehead atoms. The van der Waals surface area contributed by atoms with Crippen molar-refractivity contribution in [3.63, 3.8) is 0 Å². The van der Waals surface area contributed by atoms with Crippen LogP contribution in [0.2, 0.25) is 0 Å². The zero-order valence-corrected chi connectivity index (χ0v) is 13.1. The topological polar surface area (TPSA) is 34.1 Å². The van der Waals surface area contributed by atoms with E-state index in [0.29, 0.717) is 10.8 Å². The van der Waals surface area contributed by atoms with Crippen molar-refractivity contribution >= 4 is 21.4 Å². The number of hydrogen-bond donors (Lipinski definition) is 0. The molecule has 0 radical (unpaired) electrons. The van der Waals surface area contributed by atoms with Gasteiger partial charge in [-0.25, -0.2) is 8.42 Å². The average Bonchev–Trinajstić information content (AvgIpc) is 2.78. The first-order valence-electron chi connectivity index (χ1n) is 7.03. The summed E-state index contributed by atoms with van der Waals surface area (Å²) in [5.74, 6) is 0.761. The second-order valence-electron chi connectivity index (χ2n) is 5.53. The van der Waals surface area contributed by atoms with Gasteiger partial charge >= 0.3 is 0 Å². The molecule has 3 rings (SSSR count). The highest BCUT2D eigenvalue weighted by Gasteiger charge is 2.38. The van der Waals surface area contributed by atoms with Crippen LogP contribution in [0.15, 0.2) is 59.5 Å². The molecule has 0 N–H and O–H groups in total. The predicted octanol–water partition coefficient (Wildman–Crippen LogP) is 3.66. The zero-order valence-electron chi connectivity index (χ0n) is 11.6. The SMILES string of the molecule is O=S1(=O)CC(C(CCl)Cc2ccccc2)c2ccccc21. The summed E-state index contributed by atoms with van der Waals surface area (Å²) in [6.07, 6.45) is 0.804. The van der Waals surface area contributed by atoms with Crippen LogP contribution in [0.5, 0.6) is 0 Å². The van der Waals surface area contributed by atoms with Crippen LogP contribution >= 0.6 is 11.6 Å². The minimum absolute atomic E-state index is 0.0103. The molecule has 4 heteroatoms. The Morgan fingerprint density at radius 3 is 2.43 bits per heavy atom. The van der Waals surface area contributed by atoms with Gasteiger partial charge in [-0.3, -0.25) is 0 Å². The van der Waals surface area contributed by atoms with E-state index in [0.717, 1.165) is 12.0 Å². The molecule has 0 aliphatic carbocycles. The summed E-state index contributed by atoms with van der Waals surface area (Å²) in [5, 5.41) is 0. The molecule has 1 heterocycles. The lowest BCUT2D eigenvalue weighted by atomic mass is 9.84. The molecule has 2 atom stereocenters. The lowest BCUT2D eigenvalue weighted by molar-refractivity contribution is 0.493. The van der Waals surface area contributed by atoms with Crippen molar-refractivity contribution in [1.82, 2.24) is 0 Å². The van der Waals surface area contributed by atoms with Gasteiger partial charge in [-0.1, -0.05) is 48.5 Å². The predicted molar refractivity (Wildman–Crippen MR) is 85.6 cm³/mol. The monoisotopic (exact) mass is 320 g/mol. The van der Waals surface area contributed by atoms with Gasteiger partial charge < -0.3 is 0 Å². The van der Waals surface area contributed by atoms with Gasteiger partial charge in [0.2, 0.25) is 0 Å². The normalized spacial score (nSPS) is 20.9. The highest BCUT2D eigenvalue weighted by molar-refractivity contribution is 7.91. The van der Waals surface area contributed by atoms with E-state index in [1.165, 1.54) is 5.56 Å². The van der Waals surface area contributed by atoms with Crippen LogP contribution in [-0.4, -0.2) is 20.1 Å². The number of sulfone groups is 1. The summed E-state index contributed by atoms with van der Waals surface area (Å²) >= 11 is 6.16. The van der Waals surface area contributed by atoms with Crippen LogP contribution in [0.4, 0.5) is 0 Å². The minimum atomic E-state index is -3.16. The fraction of sp³-hybridized carbons (Fsp3) is 0.294. The Hall–Kier alpha value is -1.32. The van der Waals surface area contributed by atoms with Gasteiger partial charge in [-0.15, -0.1) is 11.6 Å². The molecular weight excluding hydrogens is 304 g/mol. The van der Waals surface area contributed by atoms with Gasteiger partial charge in [0, 0.05) is 11.8 Å². The van der Waals surface area contributed by atoms with E-state index in [9.17, 15) is 8.42 Å². The van der Waals surface area contributed by atoms with Crippen LogP contribution in [0.1, 0.15) is 17.0 Å². The number of benzene rings is 2. The van der Waals surface area contributed by atoms with Crippen LogP contribution in [-0.2, 0) is 16.3 Å². The summed E-state index contributed by atoms with van der Waals surface area (Å²) < 4.78 is 24.6. The van der Waals surface area contributed by atoms with Crippen LogP contribution < -0.4 is 0 Å². The van der Waals surface area contributed by atoms with Crippen molar-refractivity contribution in [3.05, 3.63) is 65.7 Å². The molecule has 0 saturated heterocycles. The highest BCUT2D eigenvalue weighted by atomic mass is 35.5. The Morgan fingerprint density at radius 1 is 1.05 bits per heavy atom. The van der Waals surface area contributed by atoms with E-state index in [-0.39, 0.29) is 17.6 Å². The molecule has 0 spiro atoms. The van der Waals surface area contributed by atoms with Gasteiger partial charge in [-0.2, -0.15) is 0 Å². The third-order valence-electron chi connectivity index (χ3n) is 4.16. The fourth-order valence-corrected chi connectivity index (χ4v) is 5.39. The molecule has 2 aromatic carbocycles. The maximum Gasteiger partial charge on any atom is 0.179 e. The Kier molecular flexibility index (Phi) is 4.05. The van der Waals surface area contributed by atoms with Crippen LogP contribution in [0.3, 0.4) is 0 Å². The van der Waals surface area contributed by atoms with Gasteiger partial charge in [0.15, 0.2) is 9.84 Å². The molecule has 1 aliphatic heterocycles. The lowest BCUT2D eigenvalue weighted by Crippen LogP contribution is -2.19. The van der Waals surface area contributed by atoms with E-state index in [1.54, 1.807) is 12.1 Å². The molecule has 0 saturated carbocycles. The van der Waals surface area contributed by atoms with Crippen LogP contribution in [0.25, 0.3) is 0 Å². The second-order valence-corrected chi connectivity index (χ2v) is 7.84. The third-order valence-corrected chi connectivity index (χ3v) is 6.40. The van der Waals surface area contributed by atoms with Crippen molar-refractivity contribution in [2.75, 3.05) is 11.6 Å². The summed E-state index contributed by atoms with van der Waals surface area (Å²) in [5.41, 5.74) is 2.13. The lowest BCUT2D eigenvalue weighted by Gasteiger charge is -2.21. The standard InChI is InChI=1S/C17H17ClO2S/c18-11-14(10-13-6-2-1-3-7-13)16-12-21(19,20)17-9-5-4-8-15(16)17/h1-9,14,16H,10-12H2. The first-order valence-corrected chi connectivity index (χ1v) is 9.22. The number of halogens is 1. The van der Waals surface area contributed by atoms with Gasteiger partial charge in [0.1, 0.15) is 0 Å². The molecule has 110 valence electrons. The quantitative estimate of drug-likeness (QED) is 0.806. The Balaban J connectivity index is 1.93. The Bertz CT molecular complexity index is 725. The zero-order chi connectivity index (χ0) is 14.9. The molecule has 2 nitrogen and oxygen atoms in total. The molecular formula is C17H17ClO2S. The maximum atomic E-state index is 12.3. The second kappa shape index (κ2) is 5.82. The molecule has 2 unspecified atom stereocenters. The number of fused-ring (bicyclic) bond motifs is 1. The molecule has 21 heavy (non-hydrogen) atoms. The number of hydrogen-bond acceptors (Lipinski definition) is 2. The molecule has 1 aliphatic rings. The van der Waals surface area contributed by atoms with E-state index in [2.05, 4.69) is 12.1 Å². The number of rotatable bonds is 4. The Morgan fingerprint density at radius 2 is 1.71 bits per heavy atom. The summed E-state index contributed by atoms with van der Waals surface area (Å²) in [7, 11) is -3.16. The van der Waals surface area contributed by atoms with E-state index in [4.69, 9.17) is 11.6 Å². The van der Waals surface area contributed by atoms with Gasteiger partial charge in [0.25, 0.3) is 0 Å². The molecule has 2 aromatic rings. The van der Waals surface area contributed by atoms with Crippen molar-refractivity contribution in [1.29, 1.82) is 0 Å². The minimum Gasteiger partial charge on any atom is -0.224 e. The first kappa shape index (κ1) is 14.6. The van der Waals surface area contributed by atoms with Crippen molar-refractivity contribution < 1.29 is 8.42 Å². The van der Waals surface area contributed by atoms with Crippen molar-refractivity contribution in [2.45, 2.75) is 17.2 Å². The maximum absolute atomic E-state index is 12.3. The average molecular weight is 321 g/mol. The van der Waals surface area contributed by atoms with Gasteiger partial charge in [-0.05, 0) is 29.5 Å². The van der Waals surface area contributed by atoms with Crippen molar-refractivity contribution in [2.24, 2.45) is 5.92 Å². The largest absolute Gasteiger partial charge is 0.224 e. The Labute approximate surface area is 130 Å². The number of alkyl halides is 1.